The monoisotopic (exact) mass is 332 g/mol. The fourth-order valence-corrected chi connectivity index (χ4v) is 2.49. The first kappa shape index (κ1) is 18.0. The van der Waals surface area contributed by atoms with Gasteiger partial charge in [0.25, 0.3) is 5.91 Å². The van der Waals surface area contributed by atoms with Gasteiger partial charge in [0.2, 0.25) is 5.91 Å². The summed E-state index contributed by atoms with van der Waals surface area (Å²) in [5.41, 5.74) is -0.141. The summed E-state index contributed by atoms with van der Waals surface area (Å²) in [6, 6.07) is 6.68. The SMILES string of the molecule is CC[C@](C)(NC(=O)c1cccc(NC(=O)[C@@H]2C[C@H]2C)c1)C(=O)OC. The summed E-state index contributed by atoms with van der Waals surface area (Å²) in [5.74, 6) is -0.425. The van der Waals surface area contributed by atoms with E-state index in [1.54, 1.807) is 38.1 Å². The number of nitrogens with one attached hydrogen (secondary N) is 2. The lowest BCUT2D eigenvalue weighted by Crippen LogP contribution is -2.52. The van der Waals surface area contributed by atoms with E-state index in [4.69, 9.17) is 4.74 Å². The van der Waals surface area contributed by atoms with Crippen LogP contribution in [0.15, 0.2) is 24.3 Å². The molecular weight excluding hydrogens is 308 g/mol. The molecule has 0 aliphatic heterocycles. The molecule has 1 aromatic rings. The molecule has 2 N–H and O–H groups in total. The van der Waals surface area contributed by atoms with E-state index in [0.29, 0.717) is 23.6 Å². The zero-order chi connectivity index (χ0) is 17.9. The lowest BCUT2D eigenvalue weighted by atomic mass is 9.98. The average molecular weight is 332 g/mol. The van der Waals surface area contributed by atoms with Crippen LogP contribution in [0.5, 0.6) is 0 Å². The van der Waals surface area contributed by atoms with Crippen LogP contribution in [-0.4, -0.2) is 30.4 Å². The van der Waals surface area contributed by atoms with E-state index in [2.05, 4.69) is 10.6 Å². The Morgan fingerprint density at radius 2 is 2.00 bits per heavy atom. The minimum atomic E-state index is -1.09. The van der Waals surface area contributed by atoms with Crippen molar-refractivity contribution in [3.8, 4) is 0 Å². The molecular formula is C18H24N2O4. The molecule has 0 saturated heterocycles. The third-order valence-electron chi connectivity index (χ3n) is 4.57. The molecule has 6 nitrogen and oxygen atoms in total. The summed E-state index contributed by atoms with van der Waals surface area (Å²) in [6.07, 6.45) is 1.31. The molecule has 1 aliphatic carbocycles. The first-order chi connectivity index (χ1) is 11.3. The van der Waals surface area contributed by atoms with Crippen molar-refractivity contribution in [1.29, 1.82) is 0 Å². The number of methoxy groups -OCH3 is 1. The highest BCUT2D eigenvalue weighted by molar-refractivity contribution is 6.00. The van der Waals surface area contributed by atoms with Crippen LogP contribution in [0.1, 0.15) is 44.0 Å². The maximum absolute atomic E-state index is 12.4. The van der Waals surface area contributed by atoms with Crippen molar-refractivity contribution in [3.05, 3.63) is 29.8 Å². The fraction of sp³-hybridized carbons (Fsp3) is 0.500. The standard InChI is InChI=1S/C18H24N2O4/c1-5-18(3,17(23)24-4)20-15(21)12-7-6-8-13(10-12)19-16(22)14-9-11(14)2/h6-8,10-11,14H,5,9H2,1-4H3,(H,19,22)(H,20,21)/t11-,14-,18+/m1/s1. The van der Waals surface area contributed by atoms with Gasteiger partial charge < -0.3 is 15.4 Å². The molecule has 0 unspecified atom stereocenters. The van der Waals surface area contributed by atoms with Crippen LogP contribution in [0.25, 0.3) is 0 Å². The first-order valence-corrected chi connectivity index (χ1v) is 8.12. The first-order valence-electron chi connectivity index (χ1n) is 8.12. The molecule has 1 saturated carbocycles. The van der Waals surface area contributed by atoms with Crippen LogP contribution in [0.2, 0.25) is 0 Å². The summed E-state index contributed by atoms with van der Waals surface area (Å²) in [5, 5.41) is 5.54. The quantitative estimate of drug-likeness (QED) is 0.783. The number of amides is 2. The third kappa shape index (κ3) is 3.93. The molecule has 1 fully saturated rings. The van der Waals surface area contributed by atoms with Crippen LogP contribution in [0.4, 0.5) is 5.69 Å². The zero-order valence-corrected chi connectivity index (χ0v) is 14.5. The van der Waals surface area contributed by atoms with Crippen molar-refractivity contribution in [2.75, 3.05) is 12.4 Å². The van der Waals surface area contributed by atoms with Crippen molar-refractivity contribution in [2.24, 2.45) is 11.8 Å². The maximum Gasteiger partial charge on any atom is 0.331 e. The molecule has 1 aromatic carbocycles. The topological polar surface area (TPSA) is 84.5 Å². The van der Waals surface area contributed by atoms with Gasteiger partial charge in [0.15, 0.2) is 0 Å². The number of rotatable bonds is 6. The third-order valence-corrected chi connectivity index (χ3v) is 4.57. The number of ether oxygens (including phenoxy) is 1. The number of benzene rings is 1. The molecule has 24 heavy (non-hydrogen) atoms. The zero-order valence-electron chi connectivity index (χ0n) is 14.5. The summed E-state index contributed by atoms with van der Waals surface area (Å²) in [6.45, 7) is 5.45. The van der Waals surface area contributed by atoms with Crippen LogP contribution in [0, 0.1) is 11.8 Å². The Morgan fingerprint density at radius 3 is 2.54 bits per heavy atom. The second kappa shape index (κ2) is 7.03. The van der Waals surface area contributed by atoms with Gasteiger partial charge in [-0.15, -0.1) is 0 Å². The predicted molar refractivity (Wildman–Crippen MR) is 90.5 cm³/mol. The van der Waals surface area contributed by atoms with Crippen LogP contribution < -0.4 is 10.6 Å². The normalized spacial score (nSPS) is 21.3. The van der Waals surface area contributed by atoms with Gasteiger partial charge in [-0.25, -0.2) is 4.79 Å². The predicted octanol–water partition coefficient (Wildman–Crippen LogP) is 2.35. The lowest BCUT2D eigenvalue weighted by molar-refractivity contribution is -0.147. The number of esters is 1. The van der Waals surface area contributed by atoms with Crippen molar-refractivity contribution in [3.63, 3.8) is 0 Å². The molecule has 0 heterocycles. The van der Waals surface area contributed by atoms with Gasteiger partial charge in [0, 0.05) is 17.2 Å². The minimum absolute atomic E-state index is 0.0204. The van der Waals surface area contributed by atoms with E-state index in [9.17, 15) is 14.4 Å². The van der Waals surface area contributed by atoms with E-state index in [1.165, 1.54) is 7.11 Å². The van der Waals surface area contributed by atoms with Gasteiger partial charge in [0.1, 0.15) is 5.54 Å². The molecule has 1 aliphatic rings. The Balaban J connectivity index is 2.08. The highest BCUT2D eigenvalue weighted by Crippen LogP contribution is 2.38. The summed E-state index contributed by atoms with van der Waals surface area (Å²) in [7, 11) is 1.29. The highest BCUT2D eigenvalue weighted by Gasteiger charge is 2.39. The molecule has 0 spiro atoms. The van der Waals surface area contributed by atoms with E-state index >= 15 is 0 Å². The summed E-state index contributed by atoms with van der Waals surface area (Å²) in [4.78, 5) is 36.3. The Bertz CT molecular complexity index is 658. The highest BCUT2D eigenvalue weighted by atomic mass is 16.5. The molecule has 6 heteroatoms. The van der Waals surface area contributed by atoms with Gasteiger partial charge in [0.05, 0.1) is 7.11 Å². The number of anilines is 1. The van der Waals surface area contributed by atoms with Crippen LogP contribution in [0.3, 0.4) is 0 Å². The van der Waals surface area contributed by atoms with Gasteiger partial charge in [-0.1, -0.05) is 19.9 Å². The van der Waals surface area contributed by atoms with E-state index in [0.717, 1.165) is 6.42 Å². The second-order valence-corrected chi connectivity index (χ2v) is 6.52. The molecule has 2 amide bonds. The molecule has 0 radical (unpaired) electrons. The Kier molecular flexibility index (Phi) is 5.26. The van der Waals surface area contributed by atoms with Gasteiger partial charge >= 0.3 is 5.97 Å². The van der Waals surface area contributed by atoms with E-state index in [1.807, 2.05) is 6.92 Å². The largest absolute Gasteiger partial charge is 0.467 e. The number of carbonyl (C=O) groups excluding carboxylic acids is 3. The molecule has 3 atom stereocenters. The van der Waals surface area contributed by atoms with E-state index < -0.39 is 11.5 Å². The smallest absolute Gasteiger partial charge is 0.331 e. The molecule has 130 valence electrons. The number of hydrogen-bond donors (Lipinski definition) is 2. The number of hydrogen-bond acceptors (Lipinski definition) is 4. The Hall–Kier alpha value is -2.37. The summed E-state index contributed by atoms with van der Waals surface area (Å²) >= 11 is 0. The van der Waals surface area contributed by atoms with Crippen LogP contribution in [-0.2, 0) is 14.3 Å². The molecule has 0 bridgehead atoms. The van der Waals surface area contributed by atoms with Crippen molar-refractivity contribution in [1.82, 2.24) is 5.32 Å². The Morgan fingerprint density at radius 1 is 1.33 bits per heavy atom. The Labute approximate surface area is 142 Å². The van der Waals surface area contributed by atoms with E-state index in [-0.39, 0.29) is 17.7 Å². The minimum Gasteiger partial charge on any atom is -0.467 e. The van der Waals surface area contributed by atoms with Crippen LogP contribution >= 0.6 is 0 Å². The maximum atomic E-state index is 12.4. The van der Waals surface area contributed by atoms with Gasteiger partial charge in [-0.3, -0.25) is 9.59 Å². The molecule has 2 rings (SSSR count). The number of carbonyl (C=O) groups is 3. The average Bonchev–Trinajstić information content (AvgIpc) is 3.31. The summed E-state index contributed by atoms with van der Waals surface area (Å²) < 4.78 is 4.75. The van der Waals surface area contributed by atoms with Gasteiger partial charge in [-0.05, 0) is 43.9 Å². The second-order valence-electron chi connectivity index (χ2n) is 6.52. The lowest BCUT2D eigenvalue weighted by Gasteiger charge is -2.26. The van der Waals surface area contributed by atoms with Crippen molar-refractivity contribution >= 4 is 23.5 Å². The molecule has 0 aromatic heterocycles. The van der Waals surface area contributed by atoms with Crippen molar-refractivity contribution in [2.45, 2.75) is 39.2 Å². The fourth-order valence-electron chi connectivity index (χ4n) is 2.49. The van der Waals surface area contributed by atoms with Gasteiger partial charge in [-0.2, -0.15) is 0 Å². The van der Waals surface area contributed by atoms with Crippen molar-refractivity contribution < 1.29 is 19.1 Å².